The molecule has 1 amide bonds. The second-order valence-electron chi connectivity index (χ2n) is 5.32. The lowest BCUT2D eigenvalue weighted by molar-refractivity contribution is -0.132. The largest absolute Gasteiger partial charge is 0.334 e. The van der Waals surface area contributed by atoms with E-state index in [1.165, 1.54) is 0 Å². The Kier molecular flexibility index (Phi) is 6.65. The molecule has 0 saturated carbocycles. The Bertz CT molecular complexity index is 513. The molecule has 22 heavy (non-hydrogen) atoms. The van der Waals surface area contributed by atoms with Crippen molar-refractivity contribution in [3.8, 4) is 0 Å². The fourth-order valence-corrected chi connectivity index (χ4v) is 2.37. The monoisotopic (exact) mass is 296 g/mol. The summed E-state index contributed by atoms with van der Waals surface area (Å²) in [4.78, 5) is 14.4. The van der Waals surface area contributed by atoms with Gasteiger partial charge in [-0.25, -0.2) is 0 Å². The average molecular weight is 296 g/mol. The van der Waals surface area contributed by atoms with Gasteiger partial charge in [-0.1, -0.05) is 67.6 Å². The number of carbonyl (C=O) groups is 1. The molecule has 1 N–H and O–H groups in total. The number of amides is 1. The summed E-state index contributed by atoms with van der Waals surface area (Å²) in [7, 11) is 0. The van der Waals surface area contributed by atoms with Crippen LogP contribution >= 0.6 is 0 Å². The molecule has 0 aliphatic heterocycles. The first kappa shape index (κ1) is 16.2. The summed E-state index contributed by atoms with van der Waals surface area (Å²) in [6.45, 7) is 4.98. The van der Waals surface area contributed by atoms with Crippen molar-refractivity contribution in [1.82, 2.24) is 10.2 Å². The highest BCUT2D eigenvalue weighted by atomic mass is 16.2. The molecule has 0 heterocycles. The summed E-state index contributed by atoms with van der Waals surface area (Å²) in [5.74, 6) is 0.189. The van der Waals surface area contributed by atoms with E-state index in [4.69, 9.17) is 0 Å². The van der Waals surface area contributed by atoms with Gasteiger partial charge >= 0.3 is 0 Å². The summed E-state index contributed by atoms with van der Waals surface area (Å²) in [6, 6.07) is 20.3. The van der Waals surface area contributed by atoms with Crippen LogP contribution in [0.1, 0.15) is 24.5 Å². The number of hydrogen-bond donors (Lipinski definition) is 1. The molecule has 0 unspecified atom stereocenters. The van der Waals surface area contributed by atoms with E-state index in [1.54, 1.807) is 0 Å². The minimum atomic E-state index is 0.189. The molecular formula is C19H24N2O. The molecule has 2 aromatic carbocycles. The number of hydrogen-bond acceptors (Lipinski definition) is 2. The van der Waals surface area contributed by atoms with E-state index in [1.807, 2.05) is 41.3 Å². The molecule has 0 fully saturated rings. The van der Waals surface area contributed by atoms with Gasteiger partial charge in [-0.05, 0) is 17.7 Å². The van der Waals surface area contributed by atoms with Crippen LogP contribution in [0, 0.1) is 0 Å². The molecule has 2 aromatic rings. The summed E-state index contributed by atoms with van der Waals surface area (Å²) >= 11 is 0. The maximum Gasteiger partial charge on any atom is 0.224 e. The fourth-order valence-electron chi connectivity index (χ4n) is 2.37. The Morgan fingerprint density at radius 3 is 1.86 bits per heavy atom. The van der Waals surface area contributed by atoms with Gasteiger partial charge in [0.25, 0.3) is 0 Å². The Balaban J connectivity index is 2.04. The molecule has 0 radical (unpaired) electrons. The minimum Gasteiger partial charge on any atom is -0.334 e. The number of benzene rings is 2. The van der Waals surface area contributed by atoms with Crippen LogP contribution in [0.3, 0.4) is 0 Å². The zero-order valence-electron chi connectivity index (χ0n) is 13.2. The van der Waals surface area contributed by atoms with Crippen molar-refractivity contribution < 1.29 is 4.79 Å². The van der Waals surface area contributed by atoms with Crippen LogP contribution < -0.4 is 5.32 Å². The van der Waals surface area contributed by atoms with Gasteiger partial charge in [0.1, 0.15) is 0 Å². The first-order valence-electron chi connectivity index (χ1n) is 7.86. The quantitative estimate of drug-likeness (QED) is 0.759. The number of carbonyl (C=O) groups excluding carboxylic acids is 1. The molecule has 0 aliphatic rings. The first-order valence-corrected chi connectivity index (χ1v) is 7.86. The predicted octanol–water partition coefficient (Wildman–Crippen LogP) is 3.22. The van der Waals surface area contributed by atoms with E-state index in [2.05, 4.69) is 36.5 Å². The molecule has 0 atom stereocenters. The molecular weight excluding hydrogens is 272 g/mol. The van der Waals surface area contributed by atoms with Gasteiger partial charge in [-0.15, -0.1) is 0 Å². The Morgan fingerprint density at radius 2 is 1.41 bits per heavy atom. The normalized spacial score (nSPS) is 10.4. The topological polar surface area (TPSA) is 32.3 Å². The van der Waals surface area contributed by atoms with E-state index in [0.29, 0.717) is 19.5 Å². The van der Waals surface area contributed by atoms with Crippen LogP contribution in [0.5, 0.6) is 0 Å². The van der Waals surface area contributed by atoms with Crippen molar-refractivity contribution >= 4 is 5.91 Å². The second-order valence-corrected chi connectivity index (χ2v) is 5.32. The van der Waals surface area contributed by atoms with Crippen LogP contribution in [0.15, 0.2) is 60.7 Å². The van der Waals surface area contributed by atoms with Gasteiger partial charge in [0.05, 0.1) is 0 Å². The van der Waals surface area contributed by atoms with E-state index in [0.717, 1.165) is 24.2 Å². The molecule has 2 rings (SSSR count). The highest BCUT2D eigenvalue weighted by Gasteiger charge is 2.14. The smallest absolute Gasteiger partial charge is 0.224 e. The lowest BCUT2D eigenvalue weighted by atomic mass is 10.1. The maximum absolute atomic E-state index is 12.5. The zero-order valence-corrected chi connectivity index (χ0v) is 13.2. The third-order valence-corrected chi connectivity index (χ3v) is 3.55. The summed E-state index contributed by atoms with van der Waals surface area (Å²) in [6.07, 6.45) is 0.535. The number of rotatable bonds is 8. The molecule has 0 bridgehead atoms. The van der Waals surface area contributed by atoms with E-state index < -0.39 is 0 Å². The summed E-state index contributed by atoms with van der Waals surface area (Å²) in [5, 5.41) is 3.21. The standard InChI is InChI=1S/C19H24N2O/c1-2-20-14-13-19(22)21(15-17-9-5-3-6-10-17)16-18-11-7-4-8-12-18/h3-12,20H,2,13-16H2,1H3. The Labute approximate surface area is 133 Å². The van der Waals surface area contributed by atoms with Crippen molar-refractivity contribution in [3.63, 3.8) is 0 Å². The Morgan fingerprint density at radius 1 is 0.909 bits per heavy atom. The first-order chi connectivity index (χ1) is 10.8. The van der Waals surface area contributed by atoms with Crippen molar-refractivity contribution in [2.24, 2.45) is 0 Å². The highest BCUT2D eigenvalue weighted by Crippen LogP contribution is 2.11. The van der Waals surface area contributed by atoms with Gasteiger partial charge in [0, 0.05) is 26.1 Å². The van der Waals surface area contributed by atoms with Crippen molar-refractivity contribution in [1.29, 1.82) is 0 Å². The summed E-state index contributed by atoms with van der Waals surface area (Å²) < 4.78 is 0. The molecule has 0 aromatic heterocycles. The molecule has 3 heteroatoms. The lowest BCUT2D eigenvalue weighted by Gasteiger charge is -2.23. The molecule has 0 spiro atoms. The fraction of sp³-hybridized carbons (Fsp3) is 0.316. The van der Waals surface area contributed by atoms with E-state index in [9.17, 15) is 4.79 Å². The van der Waals surface area contributed by atoms with Crippen LogP contribution in [0.2, 0.25) is 0 Å². The van der Waals surface area contributed by atoms with Gasteiger partial charge < -0.3 is 10.2 Å². The van der Waals surface area contributed by atoms with Gasteiger partial charge in [0.2, 0.25) is 5.91 Å². The predicted molar refractivity (Wildman–Crippen MR) is 90.3 cm³/mol. The third kappa shape index (κ3) is 5.34. The van der Waals surface area contributed by atoms with Gasteiger partial charge in [-0.2, -0.15) is 0 Å². The average Bonchev–Trinajstić information content (AvgIpc) is 2.56. The SMILES string of the molecule is CCNCCC(=O)N(Cc1ccccc1)Cc1ccccc1. The van der Waals surface area contributed by atoms with Crippen molar-refractivity contribution in [2.75, 3.05) is 13.1 Å². The van der Waals surface area contributed by atoms with E-state index >= 15 is 0 Å². The van der Waals surface area contributed by atoms with Crippen LogP contribution in [0.25, 0.3) is 0 Å². The zero-order chi connectivity index (χ0) is 15.6. The molecule has 0 aliphatic carbocycles. The Hall–Kier alpha value is -2.13. The van der Waals surface area contributed by atoms with Crippen LogP contribution in [-0.4, -0.2) is 23.9 Å². The molecule has 3 nitrogen and oxygen atoms in total. The van der Waals surface area contributed by atoms with Crippen LogP contribution in [0.4, 0.5) is 0 Å². The number of nitrogens with one attached hydrogen (secondary N) is 1. The highest BCUT2D eigenvalue weighted by molar-refractivity contribution is 5.76. The van der Waals surface area contributed by atoms with Crippen molar-refractivity contribution in [2.45, 2.75) is 26.4 Å². The van der Waals surface area contributed by atoms with Gasteiger partial charge in [-0.3, -0.25) is 4.79 Å². The third-order valence-electron chi connectivity index (χ3n) is 3.55. The van der Waals surface area contributed by atoms with Crippen molar-refractivity contribution in [3.05, 3.63) is 71.8 Å². The summed E-state index contributed by atoms with van der Waals surface area (Å²) in [5.41, 5.74) is 2.32. The second kappa shape index (κ2) is 9.00. The number of nitrogens with zero attached hydrogens (tertiary/aromatic N) is 1. The molecule has 116 valence electrons. The minimum absolute atomic E-state index is 0.189. The maximum atomic E-state index is 12.5. The van der Waals surface area contributed by atoms with E-state index in [-0.39, 0.29) is 5.91 Å². The van der Waals surface area contributed by atoms with Gasteiger partial charge in [0.15, 0.2) is 0 Å². The molecule has 0 saturated heterocycles. The lowest BCUT2D eigenvalue weighted by Crippen LogP contribution is -2.32. The van der Waals surface area contributed by atoms with Crippen LogP contribution in [-0.2, 0) is 17.9 Å².